The first kappa shape index (κ1) is 10.8. The second-order valence-corrected chi connectivity index (χ2v) is 3.40. The van der Waals surface area contributed by atoms with Crippen LogP contribution in [0.2, 0.25) is 0 Å². The van der Waals surface area contributed by atoms with E-state index >= 15 is 0 Å². The zero-order chi connectivity index (χ0) is 10.4. The molecular formula is C13H16O. The van der Waals surface area contributed by atoms with Gasteiger partial charge in [0.15, 0.2) is 0 Å². The Morgan fingerprint density at radius 3 is 2.50 bits per heavy atom. The van der Waals surface area contributed by atoms with Crippen LogP contribution in [0.15, 0.2) is 30.3 Å². The molecule has 0 aromatic heterocycles. The van der Waals surface area contributed by atoms with Crippen LogP contribution in [-0.2, 0) is 0 Å². The van der Waals surface area contributed by atoms with Crippen molar-refractivity contribution in [1.82, 2.24) is 0 Å². The van der Waals surface area contributed by atoms with Crippen molar-refractivity contribution in [2.45, 2.75) is 26.4 Å². The molecular weight excluding hydrogens is 172 g/mol. The summed E-state index contributed by atoms with van der Waals surface area (Å²) < 4.78 is 0. The summed E-state index contributed by atoms with van der Waals surface area (Å²) in [7, 11) is 0. The molecule has 1 aromatic carbocycles. The maximum absolute atomic E-state index is 9.50. The van der Waals surface area contributed by atoms with Gasteiger partial charge in [-0.3, -0.25) is 0 Å². The first-order valence-corrected chi connectivity index (χ1v) is 4.98. The van der Waals surface area contributed by atoms with Crippen molar-refractivity contribution in [2.24, 2.45) is 5.92 Å². The van der Waals surface area contributed by atoms with E-state index in [1.165, 1.54) is 0 Å². The molecule has 0 aliphatic carbocycles. The van der Waals surface area contributed by atoms with Gasteiger partial charge in [-0.1, -0.05) is 37.0 Å². The molecule has 0 amide bonds. The summed E-state index contributed by atoms with van der Waals surface area (Å²) in [6.07, 6.45) is 0.441. The molecule has 2 atom stereocenters. The smallest absolute Gasteiger partial charge is 0.0672 e. The summed E-state index contributed by atoms with van der Waals surface area (Å²) >= 11 is 0. The highest BCUT2D eigenvalue weighted by molar-refractivity contribution is 5.34. The molecule has 1 aromatic rings. The van der Waals surface area contributed by atoms with Crippen molar-refractivity contribution < 1.29 is 5.11 Å². The minimum Gasteiger partial charge on any atom is -0.392 e. The molecule has 0 heterocycles. The van der Waals surface area contributed by atoms with E-state index in [9.17, 15) is 5.11 Å². The minimum atomic E-state index is -0.314. The van der Waals surface area contributed by atoms with Crippen LogP contribution in [0, 0.1) is 17.8 Å². The Kier molecular flexibility index (Phi) is 4.22. The van der Waals surface area contributed by atoms with Crippen LogP contribution in [-0.4, -0.2) is 11.2 Å². The van der Waals surface area contributed by atoms with E-state index in [0.29, 0.717) is 0 Å². The lowest BCUT2D eigenvalue weighted by Gasteiger charge is -2.09. The molecule has 1 heteroatoms. The van der Waals surface area contributed by atoms with E-state index < -0.39 is 0 Å². The Bertz CT molecular complexity index is 318. The molecule has 1 nitrogen and oxygen atoms in total. The average Bonchev–Trinajstić information content (AvgIpc) is 2.26. The van der Waals surface area contributed by atoms with Crippen molar-refractivity contribution in [3.05, 3.63) is 35.9 Å². The monoisotopic (exact) mass is 188 g/mol. The first-order chi connectivity index (χ1) is 6.74. The Morgan fingerprint density at radius 2 is 1.93 bits per heavy atom. The number of aliphatic hydroxyl groups excluding tert-OH is 1. The van der Waals surface area contributed by atoms with Crippen molar-refractivity contribution in [1.29, 1.82) is 0 Å². The summed E-state index contributed by atoms with van der Waals surface area (Å²) in [5.74, 6) is 6.14. The van der Waals surface area contributed by atoms with E-state index in [1.807, 2.05) is 44.2 Å². The average molecular weight is 188 g/mol. The van der Waals surface area contributed by atoms with Crippen molar-refractivity contribution >= 4 is 0 Å². The Hall–Kier alpha value is -1.26. The fourth-order valence-corrected chi connectivity index (χ4v) is 1.17. The van der Waals surface area contributed by atoms with Gasteiger partial charge in [-0.05, 0) is 25.5 Å². The second-order valence-electron chi connectivity index (χ2n) is 3.40. The van der Waals surface area contributed by atoms with Gasteiger partial charge in [0.25, 0.3) is 0 Å². The Morgan fingerprint density at radius 1 is 1.29 bits per heavy atom. The van der Waals surface area contributed by atoms with Gasteiger partial charge in [0.05, 0.1) is 6.10 Å². The standard InChI is InChI=1S/C13H16O/c1-3-13(14)11(2)9-10-12-7-5-4-6-8-12/h4-8,11,13-14H,3H2,1-2H3/t11-,13+/m0/s1. The van der Waals surface area contributed by atoms with Gasteiger partial charge in [-0.25, -0.2) is 0 Å². The first-order valence-electron chi connectivity index (χ1n) is 4.98. The number of aliphatic hydroxyl groups is 1. The third-order valence-electron chi connectivity index (χ3n) is 2.21. The molecule has 0 saturated carbocycles. The number of rotatable bonds is 2. The topological polar surface area (TPSA) is 20.2 Å². The van der Waals surface area contributed by atoms with Gasteiger partial charge in [-0.2, -0.15) is 0 Å². The maximum Gasteiger partial charge on any atom is 0.0672 e. The summed E-state index contributed by atoms with van der Waals surface area (Å²) in [5.41, 5.74) is 1.00. The summed E-state index contributed by atoms with van der Waals surface area (Å²) in [6, 6.07) is 9.83. The number of benzene rings is 1. The van der Waals surface area contributed by atoms with Crippen LogP contribution in [0.1, 0.15) is 25.8 Å². The highest BCUT2D eigenvalue weighted by Crippen LogP contribution is 2.05. The largest absolute Gasteiger partial charge is 0.392 e. The second kappa shape index (κ2) is 5.47. The molecule has 0 radical (unpaired) electrons. The van der Waals surface area contributed by atoms with Gasteiger partial charge in [0.1, 0.15) is 0 Å². The predicted molar refractivity (Wildman–Crippen MR) is 58.8 cm³/mol. The quantitative estimate of drug-likeness (QED) is 0.707. The molecule has 0 fully saturated rings. The molecule has 0 bridgehead atoms. The van der Waals surface area contributed by atoms with E-state index in [2.05, 4.69) is 11.8 Å². The van der Waals surface area contributed by atoms with Gasteiger partial charge in [0.2, 0.25) is 0 Å². The normalized spacial score (nSPS) is 13.9. The lowest BCUT2D eigenvalue weighted by atomic mass is 10.0. The SMILES string of the molecule is CC[C@@H](O)[C@@H](C)C#Cc1ccccc1. The summed E-state index contributed by atoms with van der Waals surface area (Å²) in [4.78, 5) is 0. The van der Waals surface area contributed by atoms with Crippen molar-refractivity contribution in [2.75, 3.05) is 0 Å². The molecule has 1 N–H and O–H groups in total. The van der Waals surface area contributed by atoms with Gasteiger partial charge in [0, 0.05) is 11.5 Å². The molecule has 74 valence electrons. The zero-order valence-electron chi connectivity index (χ0n) is 8.70. The highest BCUT2D eigenvalue weighted by Gasteiger charge is 2.07. The fourth-order valence-electron chi connectivity index (χ4n) is 1.17. The van der Waals surface area contributed by atoms with Crippen LogP contribution in [0.4, 0.5) is 0 Å². The number of hydrogen-bond donors (Lipinski definition) is 1. The molecule has 0 aliphatic heterocycles. The number of hydrogen-bond acceptors (Lipinski definition) is 1. The maximum atomic E-state index is 9.50. The molecule has 0 unspecified atom stereocenters. The van der Waals surface area contributed by atoms with E-state index in [4.69, 9.17) is 0 Å². The van der Waals surface area contributed by atoms with Crippen molar-refractivity contribution in [3.63, 3.8) is 0 Å². The molecule has 0 aliphatic rings. The van der Waals surface area contributed by atoms with E-state index in [1.54, 1.807) is 0 Å². The summed E-state index contributed by atoms with van der Waals surface area (Å²) in [5, 5.41) is 9.50. The third kappa shape index (κ3) is 3.24. The highest BCUT2D eigenvalue weighted by atomic mass is 16.3. The van der Waals surface area contributed by atoms with E-state index in [0.717, 1.165) is 12.0 Å². The molecule has 14 heavy (non-hydrogen) atoms. The fraction of sp³-hybridized carbons (Fsp3) is 0.385. The van der Waals surface area contributed by atoms with Crippen LogP contribution >= 0.6 is 0 Å². The summed E-state index contributed by atoms with van der Waals surface area (Å²) in [6.45, 7) is 3.91. The lowest BCUT2D eigenvalue weighted by Crippen LogP contribution is -2.14. The minimum absolute atomic E-state index is 0.0419. The van der Waals surface area contributed by atoms with Crippen LogP contribution in [0.3, 0.4) is 0 Å². The van der Waals surface area contributed by atoms with Crippen LogP contribution in [0.25, 0.3) is 0 Å². The molecule has 0 saturated heterocycles. The third-order valence-corrected chi connectivity index (χ3v) is 2.21. The van der Waals surface area contributed by atoms with Gasteiger partial charge in [-0.15, -0.1) is 0 Å². The molecule has 0 spiro atoms. The van der Waals surface area contributed by atoms with Crippen LogP contribution < -0.4 is 0 Å². The Labute approximate surface area is 85.8 Å². The zero-order valence-corrected chi connectivity index (χ0v) is 8.70. The Balaban J connectivity index is 2.64. The van der Waals surface area contributed by atoms with E-state index in [-0.39, 0.29) is 12.0 Å². The van der Waals surface area contributed by atoms with Crippen molar-refractivity contribution in [3.8, 4) is 11.8 Å². The van der Waals surface area contributed by atoms with Crippen LogP contribution in [0.5, 0.6) is 0 Å². The predicted octanol–water partition coefficient (Wildman–Crippen LogP) is 2.45. The van der Waals surface area contributed by atoms with Gasteiger partial charge < -0.3 is 5.11 Å². The molecule has 1 rings (SSSR count). The van der Waals surface area contributed by atoms with Gasteiger partial charge >= 0.3 is 0 Å². The lowest BCUT2D eigenvalue weighted by molar-refractivity contribution is 0.137.